The summed E-state index contributed by atoms with van der Waals surface area (Å²) >= 11 is 7.23. The van der Waals surface area contributed by atoms with Crippen molar-refractivity contribution in [1.82, 2.24) is 0 Å². The van der Waals surface area contributed by atoms with E-state index in [2.05, 4.69) is 38.5 Å². The maximum Gasteiger partial charge on any atom is 0.418 e. The molecular formula is C12H10BrF3N2O2S. The predicted octanol–water partition coefficient (Wildman–Crippen LogP) is 3.52. The van der Waals surface area contributed by atoms with Gasteiger partial charge in [0.15, 0.2) is 0 Å². The Hall–Kier alpha value is -1.28. The highest BCUT2D eigenvalue weighted by Gasteiger charge is 2.35. The summed E-state index contributed by atoms with van der Waals surface area (Å²) in [6, 6.07) is 3.00. The molecule has 0 bridgehead atoms. The summed E-state index contributed by atoms with van der Waals surface area (Å²) in [6.07, 6.45) is -4.66. The van der Waals surface area contributed by atoms with E-state index in [1.807, 2.05) is 5.16 Å². The van der Waals surface area contributed by atoms with E-state index in [0.29, 0.717) is 6.07 Å². The Morgan fingerprint density at radius 1 is 1.52 bits per heavy atom. The standard InChI is InChI=1S/C12H10BrF3N2O2S/c1-11(20,5-13)10(19)18-7-2-3-9(17-6-21)8(4-7)12(14,15)16/h2-4,20H,5H2,1H3,(H,18,19)/t11-/m0/s1. The zero-order valence-corrected chi connectivity index (χ0v) is 13.1. The number of aliphatic hydroxyl groups is 1. The second-order valence-corrected chi connectivity index (χ2v) is 5.04. The van der Waals surface area contributed by atoms with Gasteiger partial charge < -0.3 is 10.4 Å². The minimum atomic E-state index is -4.66. The molecule has 0 fully saturated rings. The van der Waals surface area contributed by atoms with Crippen LogP contribution in [0.25, 0.3) is 0 Å². The molecule has 2 N–H and O–H groups in total. The van der Waals surface area contributed by atoms with Gasteiger partial charge in [-0.2, -0.15) is 18.2 Å². The number of carbonyl (C=O) groups excluding carboxylic acids is 1. The lowest BCUT2D eigenvalue weighted by Gasteiger charge is -2.20. The molecule has 1 aromatic rings. The summed E-state index contributed by atoms with van der Waals surface area (Å²) in [6.45, 7) is 1.23. The molecule has 0 aliphatic carbocycles. The number of thiocarbonyl (C=S) groups is 1. The topological polar surface area (TPSA) is 61.7 Å². The van der Waals surface area contributed by atoms with Gasteiger partial charge in [0.2, 0.25) is 0 Å². The number of halogens is 4. The van der Waals surface area contributed by atoms with Crippen LogP contribution < -0.4 is 5.32 Å². The number of isothiocyanates is 1. The van der Waals surface area contributed by atoms with E-state index in [0.717, 1.165) is 6.07 Å². The SMILES string of the molecule is C[C@](O)(CBr)C(=O)Nc1ccc(N=C=S)c(C(F)(F)F)c1. The van der Waals surface area contributed by atoms with Gasteiger partial charge in [-0.3, -0.25) is 4.79 Å². The average Bonchev–Trinajstić information content (AvgIpc) is 2.39. The summed E-state index contributed by atoms with van der Waals surface area (Å²) in [7, 11) is 0. The van der Waals surface area contributed by atoms with Gasteiger partial charge in [-0.05, 0) is 37.3 Å². The van der Waals surface area contributed by atoms with Gasteiger partial charge in [0.25, 0.3) is 5.91 Å². The van der Waals surface area contributed by atoms with Crippen LogP contribution in [0.4, 0.5) is 24.5 Å². The number of aliphatic imine (C=N–C) groups is 1. The smallest absolute Gasteiger partial charge is 0.379 e. The lowest BCUT2D eigenvalue weighted by atomic mass is 10.1. The zero-order chi connectivity index (χ0) is 16.3. The molecule has 21 heavy (non-hydrogen) atoms. The minimum absolute atomic E-state index is 0.0642. The van der Waals surface area contributed by atoms with Crippen LogP contribution in [0.1, 0.15) is 12.5 Å². The molecule has 114 valence electrons. The number of nitrogens with one attached hydrogen (secondary N) is 1. The molecule has 1 rings (SSSR count). The van der Waals surface area contributed by atoms with E-state index in [1.54, 1.807) is 0 Å². The second kappa shape index (κ2) is 6.65. The average molecular weight is 383 g/mol. The number of anilines is 1. The molecule has 4 nitrogen and oxygen atoms in total. The highest BCUT2D eigenvalue weighted by Crippen LogP contribution is 2.37. The van der Waals surface area contributed by atoms with Crippen molar-refractivity contribution in [2.75, 3.05) is 10.6 Å². The molecule has 1 aromatic carbocycles. The molecule has 0 aliphatic rings. The van der Waals surface area contributed by atoms with Crippen LogP contribution in [0.5, 0.6) is 0 Å². The van der Waals surface area contributed by atoms with Gasteiger partial charge in [-0.15, -0.1) is 0 Å². The summed E-state index contributed by atoms with van der Waals surface area (Å²) in [5.41, 5.74) is -3.32. The molecule has 0 aliphatic heterocycles. The van der Waals surface area contributed by atoms with Crippen LogP contribution in [0.15, 0.2) is 23.2 Å². The molecule has 1 amide bonds. The number of hydrogen-bond acceptors (Lipinski definition) is 4. The van der Waals surface area contributed by atoms with Crippen LogP contribution in [0.3, 0.4) is 0 Å². The summed E-state index contributed by atoms with van der Waals surface area (Å²) in [5, 5.41) is 13.7. The fourth-order valence-corrected chi connectivity index (χ4v) is 1.67. The zero-order valence-electron chi connectivity index (χ0n) is 10.7. The number of alkyl halides is 4. The molecule has 0 saturated carbocycles. The first-order chi connectivity index (χ1) is 9.61. The molecule has 0 heterocycles. The van der Waals surface area contributed by atoms with E-state index in [1.165, 1.54) is 13.0 Å². The first-order valence-electron chi connectivity index (χ1n) is 5.50. The number of rotatable bonds is 4. The van der Waals surface area contributed by atoms with E-state index in [-0.39, 0.29) is 11.0 Å². The quantitative estimate of drug-likeness (QED) is 0.475. The van der Waals surface area contributed by atoms with Gasteiger partial charge in [0.05, 0.1) is 16.4 Å². The Morgan fingerprint density at radius 2 is 2.14 bits per heavy atom. The molecule has 0 spiro atoms. The first kappa shape index (κ1) is 17.8. The summed E-state index contributed by atoms with van der Waals surface area (Å²) in [5.74, 6) is -0.835. The number of carbonyl (C=O) groups is 1. The summed E-state index contributed by atoms with van der Waals surface area (Å²) in [4.78, 5) is 15.0. The highest BCUT2D eigenvalue weighted by molar-refractivity contribution is 9.09. The third-order valence-corrected chi connectivity index (χ3v) is 3.66. The van der Waals surface area contributed by atoms with Gasteiger partial charge in [-0.1, -0.05) is 15.9 Å². The number of nitrogens with zero attached hydrogens (tertiary/aromatic N) is 1. The normalized spacial score (nSPS) is 14.0. The second-order valence-electron chi connectivity index (χ2n) is 4.29. The van der Waals surface area contributed by atoms with Gasteiger partial charge in [0.1, 0.15) is 5.60 Å². The van der Waals surface area contributed by atoms with E-state index in [4.69, 9.17) is 0 Å². The molecule has 0 radical (unpaired) electrons. The van der Waals surface area contributed by atoms with Crippen molar-refractivity contribution in [2.24, 2.45) is 4.99 Å². The fraction of sp³-hybridized carbons (Fsp3) is 0.333. The third kappa shape index (κ3) is 4.60. The van der Waals surface area contributed by atoms with E-state index >= 15 is 0 Å². The Kier molecular flexibility index (Phi) is 5.63. The maximum atomic E-state index is 12.9. The van der Waals surface area contributed by atoms with Gasteiger partial charge in [-0.25, -0.2) is 0 Å². The number of benzene rings is 1. The van der Waals surface area contributed by atoms with Crippen LogP contribution >= 0.6 is 28.1 Å². The lowest BCUT2D eigenvalue weighted by Crippen LogP contribution is -2.41. The van der Waals surface area contributed by atoms with Gasteiger partial charge >= 0.3 is 6.18 Å². The minimum Gasteiger partial charge on any atom is -0.379 e. The van der Waals surface area contributed by atoms with Gasteiger partial charge in [0, 0.05) is 11.0 Å². The molecular weight excluding hydrogens is 373 g/mol. The van der Waals surface area contributed by atoms with Crippen molar-refractivity contribution in [1.29, 1.82) is 0 Å². The Labute approximate surface area is 132 Å². The first-order valence-corrected chi connectivity index (χ1v) is 7.03. The van der Waals surface area contributed by atoms with E-state index in [9.17, 15) is 23.1 Å². The predicted molar refractivity (Wildman–Crippen MR) is 79.2 cm³/mol. The van der Waals surface area contributed by atoms with Crippen molar-refractivity contribution in [3.05, 3.63) is 23.8 Å². The summed E-state index contributed by atoms with van der Waals surface area (Å²) < 4.78 is 38.7. The lowest BCUT2D eigenvalue weighted by molar-refractivity contribution is -0.137. The Balaban J connectivity index is 3.18. The van der Waals surface area contributed by atoms with Crippen molar-refractivity contribution >= 4 is 50.6 Å². The molecule has 0 aromatic heterocycles. The largest absolute Gasteiger partial charge is 0.418 e. The fourth-order valence-electron chi connectivity index (χ4n) is 1.31. The van der Waals surface area contributed by atoms with Crippen molar-refractivity contribution in [3.63, 3.8) is 0 Å². The Bertz CT molecular complexity index is 599. The molecule has 9 heteroatoms. The molecule has 1 atom stereocenters. The van der Waals surface area contributed by atoms with Crippen LogP contribution in [-0.2, 0) is 11.0 Å². The van der Waals surface area contributed by atoms with E-state index < -0.39 is 28.9 Å². The molecule has 0 saturated heterocycles. The van der Waals surface area contributed by atoms with Crippen molar-refractivity contribution in [2.45, 2.75) is 18.7 Å². The van der Waals surface area contributed by atoms with Crippen LogP contribution in [0.2, 0.25) is 0 Å². The third-order valence-electron chi connectivity index (χ3n) is 2.48. The Morgan fingerprint density at radius 3 is 2.62 bits per heavy atom. The van der Waals surface area contributed by atoms with Crippen LogP contribution in [-0.4, -0.2) is 27.1 Å². The van der Waals surface area contributed by atoms with Crippen molar-refractivity contribution in [3.8, 4) is 0 Å². The highest BCUT2D eigenvalue weighted by atomic mass is 79.9. The molecule has 0 unspecified atom stereocenters. The number of amides is 1. The maximum absolute atomic E-state index is 12.9. The van der Waals surface area contributed by atoms with Crippen molar-refractivity contribution < 1.29 is 23.1 Å². The monoisotopic (exact) mass is 382 g/mol. The number of hydrogen-bond donors (Lipinski definition) is 2. The van der Waals surface area contributed by atoms with Crippen LogP contribution in [0, 0.1) is 0 Å².